The zero-order valence-corrected chi connectivity index (χ0v) is 19.8. The summed E-state index contributed by atoms with van der Waals surface area (Å²) < 4.78 is 32.3. The van der Waals surface area contributed by atoms with Crippen molar-refractivity contribution in [2.75, 3.05) is 36.2 Å². The highest BCUT2D eigenvalue weighted by atomic mass is 35.5. The summed E-state index contributed by atoms with van der Waals surface area (Å²) in [4.78, 5) is 12.2. The van der Waals surface area contributed by atoms with Crippen LogP contribution in [-0.4, -0.2) is 40.5 Å². The second kappa shape index (κ2) is 9.10. The standard InChI is InChI=1S/C24H24ClFN4O2S/c1-32-24(16-5-7-17(25)8-6-16)10-12-30(13-11-24)23-28-20-9-14-33(31)21(20)22(29-23)27-19-4-2-3-18(26)15-19/h2-8,15H,9-14H2,1H3,(H,27,28,29). The third-order valence-corrected chi connectivity index (χ3v) is 8.09. The highest BCUT2D eigenvalue weighted by Crippen LogP contribution is 2.39. The Morgan fingerprint density at radius 1 is 1.15 bits per heavy atom. The van der Waals surface area contributed by atoms with Crippen LogP contribution in [0.15, 0.2) is 53.4 Å². The number of anilines is 3. The molecule has 0 radical (unpaired) electrons. The minimum absolute atomic E-state index is 0.346. The van der Waals surface area contributed by atoms with Gasteiger partial charge in [-0.2, -0.15) is 4.98 Å². The number of piperidine rings is 1. The summed E-state index contributed by atoms with van der Waals surface area (Å²) in [6, 6.07) is 14.0. The minimum atomic E-state index is -1.17. The van der Waals surface area contributed by atoms with Crippen LogP contribution in [0, 0.1) is 5.82 Å². The van der Waals surface area contributed by atoms with Crippen molar-refractivity contribution in [3.63, 3.8) is 0 Å². The van der Waals surface area contributed by atoms with Crippen molar-refractivity contribution >= 4 is 40.2 Å². The predicted octanol–water partition coefficient (Wildman–Crippen LogP) is 4.82. The van der Waals surface area contributed by atoms with Crippen molar-refractivity contribution in [1.29, 1.82) is 0 Å². The Bertz CT molecular complexity index is 1160. The van der Waals surface area contributed by atoms with Crippen molar-refractivity contribution in [3.8, 4) is 0 Å². The Morgan fingerprint density at radius 2 is 1.91 bits per heavy atom. The third kappa shape index (κ3) is 4.40. The summed E-state index contributed by atoms with van der Waals surface area (Å²) in [5.41, 5.74) is 2.07. The summed E-state index contributed by atoms with van der Waals surface area (Å²) in [5.74, 6) is 1.25. The second-order valence-corrected chi connectivity index (χ2v) is 10.2. The van der Waals surface area contributed by atoms with E-state index in [1.807, 2.05) is 24.3 Å². The summed E-state index contributed by atoms with van der Waals surface area (Å²) in [6.45, 7) is 1.41. The number of aromatic nitrogens is 2. The van der Waals surface area contributed by atoms with E-state index in [-0.39, 0.29) is 11.4 Å². The summed E-state index contributed by atoms with van der Waals surface area (Å²) in [6.07, 6.45) is 2.17. The third-order valence-electron chi connectivity index (χ3n) is 6.38. The fourth-order valence-electron chi connectivity index (χ4n) is 4.55. The number of hydrogen-bond acceptors (Lipinski definition) is 6. The van der Waals surface area contributed by atoms with Crippen LogP contribution in [0.5, 0.6) is 0 Å². The van der Waals surface area contributed by atoms with Crippen LogP contribution in [0.3, 0.4) is 0 Å². The molecule has 2 aliphatic heterocycles. The molecule has 0 amide bonds. The van der Waals surface area contributed by atoms with E-state index in [9.17, 15) is 8.94 Å². The maximum Gasteiger partial charge on any atom is 0.227 e. The van der Waals surface area contributed by atoms with Crippen molar-refractivity contribution in [1.82, 2.24) is 9.97 Å². The molecule has 172 valence electrons. The molecule has 3 heterocycles. The molecule has 33 heavy (non-hydrogen) atoms. The SMILES string of the molecule is COC1(c2ccc(Cl)cc2)CCN(c2nc3c(c(Nc4cccc(F)c4)n2)[S+]([O-])CC3)CC1. The number of nitrogens with one attached hydrogen (secondary N) is 1. The van der Waals surface area contributed by atoms with Gasteiger partial charge >= 0.3 is 0 Å². The molecule has 1 atom stereocenters. The molecule has 2 aromatic carbocycles. The van der Waals surface area contributed by atoms with E-state index in [0.29, 0.717) is 52.6 Å². The van der Waals surface area contributed by atoms with Gasteiger partial charge < -0.3 is 19.5 Å². The van der Waals surface area contributed by atoms with Gasteiger partial charge in [-0.15, -0.1) is 0 Å². The van der Waals surface area contributed by atoms with Gasteiger partial charge in [0.25, 0.3) is 0 Å². The molecule has 1 fully saturated rings. The molecule has 9 heteroatoms. The fourth-order valence-corrected chi connectivity index (χ4v) is 5.98. The van der Waals surface area contributed by atoms with Gasteiger partial charge in [-0.1, -0.05) is 29.8 Å². The number of benzene rings is 2. The molecule has 1 N–H and O–H groups in total. The number of methoxy groups -OCH3 is 1. The van der Waals surface area contributed by atoms with Gasteiger partial charge in [0.05, 0.1) is 5.60 Å². The quantitative estimate of drug-likeness (QED) is 0.521. The first-order valence-corrected chi connectivity index (χ1v) is 12.6. The molecule has 1 saturated heterocycles. The molecule has 0 spiro atoms. The van der Waals surface area contributed by atoms with Crippen LogP contribution >= 0.6 is 11.6 Å². The highest BCUT2D eigenvalue weighted by molar-refractivity contribution is 7.91. The Labute approximate surface area is 200 Å². The first-order valence-electron chi connectivity index (χ1n) is 10.9. The Hall–Kier alpha value is -2.39. The predicted molar refractivity (Wildman–Crippen MR) is 128 cm³/mol. The fraction of sp³-hybridized carbons (Fsp3) is 0.333. The van der Waals surface area contributed by atoms with Gasteiger partial charge in [-0.05, 0) is 59.9 Å². The lowest BCUT2D eigenvalue weighted by molar-refractivity contribution is -0.0348. The molecule has 6 nitrogen and oxygen atoms in total. The van der Waals surface area contributed by atoms with Crippen molar-refractivity contribution in [2.45, 2.75) is 29.8 Å². The van der Waals surface area contributed by atoms with E-state index in [2.05, 4.69) is 10.2 Å². The maximum absolute atomic E-state index is 13.7. The zero-order chi connectivity index (χ0) is 23.0. The van der Waals surface area contributed by atoms with Crippen LogP contribution < -0.4 is 10.2 Å². The molecule has 2 aliphatic rings. The van der Waals surface area contributed by atoms with E-state index in [0.717, 1.165) is 24.1 Å². The van der Waals surface area contributed by atoms with Gasteiger partial charge in [0, 0.05) is 37.3 Å². The minimum Gasteiger partial charge on any atom is -0.611 e. The molecule has 5 rings (SSSR count). The largest absolute Gasteiger partial charge is 0.611 e. The zero-order valence-electron chi connectivity index (χ0n) is 18.2. The van der Waals surface area contributed by atoms with E-state index >= 15 is 0 Å². The number of aryl methyl sites for hydroxylation is 1. The van der Waals surface area contributed by atoms with Crippen molar-refractivity contribution < 1.29 is 13.7 Å². The Morgan fingerprint density at radius 3 is 2.61 bits per heavy atom. The lowest BCUT2D eigenvalue weighted by atomic mass is 9.84. The Balaban J connectivity index is 1.41. The molecule has 0 aliphatic carbocycles. The second-order valence-electron chi connectivity index (χ2n) is 8.28. The Kier molecular flexibility index (Phi) is 6.18. The smallest absolute Gasteiger partial charge is 0.227 e. The number of hydrogen-bond donors (Lipinski definition) is 1. The summed E-state index contributed by atoms with van der Waals surface area (Å²) in [7, 11) is 1.74. The summed E-state index contributed by atoms with van der Waals surface area (Å²) in [5, 5.41) is 3.86. The molecule has 0 bridgehead atoms. The molecular weight excluding hydrogens is 463 g/mol. The van der Waals surface area contributed by atoms with Crippen LogP contribution in [0.4, 0.5) is 21.8 Å². The number of halogens is 2. The number of ether oxygens (including phenoxy) is 1. The van der Waals surface area contributed by atoms with Gasteiger partial charge in [0.15, 0.2) is 5.82 Å². The van der Waals surface area contributed by atoms with Crippen molar-refractivity contribution in [3.05, 3.63) is 70.6 Å². The molecule has 3 aromatic rings. The lowest BCUT2D eigenvalue weighted by Gasteiger charge is -2.41. The summed E-state index contributed by atoms with van der Waals surface area (Å²) >= 11 is 4.89. The van der Waals surface area contributed by atoms with E-state index < -0.39 is 11.2 Å². The van der Waals surface area contributed by atoms with E-state index in [1.165, 1.54) is 12.1 Å². The van der Waals surface area contributed by atoms with Gasteiger partial charge in [-0.25, -0.2) is 9.37 Å². The molecular formula is C24H24ClFN4O2S. The molecule has 0 saturated carbocycles. The number of rotatable bonds is 5. The van der Waals surface area contributed by atoms with Gasteiger partial charge in [-0.3, -0.25) is 0 Å². The molecule has 1 aromatic heterocycles. The van der Waals surface area contributed by atoms with E-state index in [4.69, 9.17) is 26.3 Å². The average Bonchev–Trinajstić information content (AvgIpc) is 3.20. The monoisotopic (exact) mass is 486 g/mol. The lowest BCUT2D eigenvalue weighted by Crippen LogP contribution is -2.44. The van der Waals surface area contributed by atoms with Crippen molar-refractivity contribution in [2.24, 2.45) is 0 Å². The highest BCUT2D eigenvalue weighted by Gasteiger charge is 2.38. The normalized spacial score (nSPS) is 19.4. The first kappa shape index (κ1) is 22.4. The van der Waals surface area contributed by atoms with Gasteiger partial charge in [0.1, 0.15) is 17.3 Å². The van der Waals surface area contributed by atoms with Crippen LogP contribution in [0.1, 0.15) is 24.1 Å². The topological polar surface area (TPSA) is 73.3 Å². The van der Waals surface area contributed by atoms with Crippen LogP contribution in [0.25, 0.3) is 0 Å². The first-order chi connectivity index (χ1) is 16.0. The van der Waals surface area contributed by atoms with Crippen LogP contribution in [-0.2, 0) is 27.9 Å². The number of fused-ring (bicyclic) bond motifs is 1. The van der Waals surface area contributed by atoms with E-state index in [1.54, 1.807) is 19.2 Å². The molecule has 1 unspecified atom stereocenters. The number of nitrogens with zero attached hydrogens (tertiary/aromatic N) is 3. The van der Waals surface area contributed by atoms with Crippen LogP contribution in [0.2, 0.25) is 5.02 Å². The maximum atomic E-state index is 13.7. The average molecular weight is 487 g/mol. The van der Waals surface area contributed by atoms with Gasteiger partial charge in [0.2, 0.25) is 10.8 Å².